The van der Waals surface area contributed by atoms with Gasteiger partial charge < -0.3 is 5.73 Å². The molecule has 2 heteroatoms. The predicted octanol–water partition coefficient (Wildman–Crippen LogP) is 1.84. The summed E-state index contributed by atoms with van der Waals surface area (Å²) in [4.78, 5) is 0. The van der Waals surface area contributed by atoms with Crippen LogP contribution in [0.4, 0.5) is 0 Å². The molecule has 0 aliphatic heterocycles. The average Bonchev–Trinajstić information content (AvgIpc) is 2.19. The van der Waals surface area contributed by atoms with Gasteiger partial charge in [-0.3, -0.25) is 0 Å². The summed E-state index contributed by atoms with van der Waals surface area (Å²) in [5.41, 5.74) is 6.84. The fourth-order valence-electron chi connectivity index (χ4n) is 1.64. The zero-order valence-corrected chi connectivity index (χ0v) is 9.19. The molecular formula is C12H14NP. The van der Waals surface area contributed by atoms with E-state index in [1.807, 2.05) is 0 Å². The lowest BCUT2D eigenvalue weighted by Gasteiger charge is -2.03. The van der Waals surface area contributed by atoms with Gasteiger partial charge in [-0.15, -0.1) is 9.24 Å². The molecule has 0 aromatic heterocycles. The SMILES string of the molecule is NCCc1ccc2cc(P)ccc2c1. The molecule has 2 N–H and O–H groups in total. The van der Waals surface area contributed by atoms with Crippen molar-refractivity contribution in [3.8, 4) is 0 Å². The van der Waals surface area contributed by atoms with Gasteiger partial charge in [0.25, 0.3) is 0 Å². The number of fused-ring (bicyclic) bond motifs is 1. The van der Waals surface area contributed by atoms with Crippen molar-refractivity contribution < 1.29 is 0 Å². The lowest BCUT2D eigenvalue weighted by molar-refractivity contribution is 0.971. The molecule has 0 aliphatic rings. The summed E-state index contributed by atoms with van der Waals surface area (Å²) in [7, 11) is 2.72. The topological polar surface area (TPSA) is 26.0 Å². The third kappa shape index (κ3) is 1.95. The van der Waals surface area contributed by atoms with E-state index in [-0.39, 0.29) is 0 Å². The zero-order chi connectivity index (χ0) is 9.97. The highest BCUT2D eigenvalue weighted by Crippen LogP contribution is 2.15. The van der Waals surface area contributed by atoms with Gasteiger partial charge in [0.1, 0.15) is 0 Å². The van der Waals surface area contributed by atoms with Crippen LogP contribution in [0.5, 0.6) is 0 Å². The quantitative estimate of drug-likeness (QED) is 0.740. The van der Waals surface area contributed by atoms with Crippen LogP contribution in [0.3, 0.4) is 0 Å². The molecule has 1 atom stereocenters. The van der Waals surface area contributed by atoms with Crippen molar-refractivity contribution in [2.24, 2.45) is 5.73 Å². The van der Waals surface area contributed by atoms with Gasteiger partial charge >= 0.3 is 0 Å². The van der Waals surface area contributed by atoms with E-state index in [0.29, 0.717) is 6.54 Å². The molecule has 0 heterocycles. The maximum atomic E-state index is 5.53. The highest BCUT2D eigenvalue weighted by molar-refractivity contribution is 7.27. The average molecular weight is 203 g/mol. The van der Waals surface area contributed by atoms with Crippen LogP contribution in [0.25, 0.3) is 10.8 Å². The van der Waals surface area contributed by atoms with Crippen molar-refractivity contribution in [3.63, 3.8) is 0 Å². The molecule has 2 aromatic carbocycles. The van der Waals surface area contributed by atoms with E-state index in [4.69, 9.17) is 5.73 Å². The van der Waals surface area contributed by atoms with Gasteiger partial charge in [0.2, 0.25) is 0 Å². The minimum absolute atomic E-state index is 0.715. The van der Waals surface area contributed by atoms with Gasteiger partial charge in [0.15, 0.2) is 0 Å². The Balaban J connectivity index is 2.50. The third-order valence-electron chi connectivity index (χ3n) is 2.36. The molecule has 0 fully saturated rings. The first kappa shape index (κ1) is 9.64. The number of nitrogens with two attached hydrogens (primary N) is 1. The number of hydrogen-bond acceptors (Lipinski definition) is 1. The second-order valence-corrected chi connectivity index (χ2v) is 4.15. The molecule has 2 rings (SSSR count). The zero-order valence-electron chi connectivity index (χ0n) is 8.03. The molecule has 0 bridgehead atoms. The molecule has 0 amide bonds. The number of rotatable bonds is 2. The Morgan fingerprint density at radius 3 is 2.50 bits per heavy atom. The first-order valence-corrected chi connectivity index (χ1v) is 5.35. The Hall–Kier alpha value is -0.910. The van der Waals surface area contributed by atoms with Crippen molar-refractivity contribution in [2.45, 2.75) is 6.42 Å². The van der Waals surface area contributed by atoms with Crippen molar-refractivity contribution in [1.29, 1.82) is 0 Å². The second-order valence-electron chi connectivity index (χ2n) is 3.48. The fraction of sp³-hybridized carbons (Fsp3) is 0.167. The van der Waals surface area contributed by atoms with Crippen LogP contribution < -0.4 is 11.0 Å². The highest BCUT2D eigenvalue weighted by atomic mass is 31.0. The van der Waals surface area contributed by atoms with Gasteiger partial charge in [-0.25, -0.2) is 0 Å². The van der Waals surface area contributed by atoms with Gasteiger partial charge in [-0.1, -0.05) is 30.3 Å². The summed E-state index contributed by atoms with van der Waals surface area (Å²) in [6.45, 7) is 0.715. The molecule has 0 spiro atoms. The smallest absolute Gasteiger partial charge is 0.00367 e. The molecular weight excluding hydrogens is 189 g/mol. The van der Waals surface area contributed by atoms with Crippen LogP contribution in [0.1, 0.15) is 5.56 Å². The normalized spacial score (nSPS) is 10.7. The number of benzene rings is 2. The van der Waals surface area contributed by atoms with Crippen molar-refractivity contribution >= 4 is 25.3 Å². The maximum Gasteiger partial charge on any atom is -0.00367 e. The molecule has 72 valence electrons. The Morgan fingerprint density at radius 2 is 1.71 bits per heavy atom. The summed E-state index contributed by atoms with van der Waals surface area (Å²) in [5.74, 6) is 0. The van der Waals surface area contributed by atoms with Crippen LogP contribution in [-0.2, 0) is 6.42 Å². The van der Waals surface area contributed by atoms with E-state index in [1.54, 1.807) is 0 Å². The highest BCUT2D eigenvalue weighted by Gasteiger charge is 1.96. The standard InChI is InChI=1S/C12H14NP/c13-6-5-9-1-2-11-8-12(14)4-3-10(11)7-9/h1-4,7-8H,5-6,13-14H2. The van der Waals surface area contributed by atoms with Crippen LogP contribution in [0, 0.1) is 0 Å². The Labute approximate surface area is 86.5 Å². The predicted molar refractivity (Wildman–Crippen MR) is 66.1 cm³/mol. The van der Waals surface area contributed by atoms with Crippen LogP contribution in [-0.4, -0.2) is 6.54 Å². The van der Waals surface area contributed by atoms with E-state index in [1.165, 1.54) is 21.6 Å². The first-order chi connectivity index (χ1) is 6.79. The van der Waals surface area contributed by atoms with E-state index in [0.717, 1.165) is 6.42 Å². The van der Waals surface area contributed by atoms with Crippen LogP contribution in [0.2, 0.25) is 0 Å². The van der Waals surface area contributed by atoms with Crippen molar-refractivity contribution in [2.75, 3.05) is 6.54 Å². The van der Waals surface area contributed by atoms with E-state index >= 15 is 0 Å². The Morgan fingerprint density at radius 1 is 1.00 bits per heavy atom. The second kappa shape index (κ2) is 4.08. The molecule has 14 heavy (non-hydrogen) atoms. The largest absolute Gasteiger partial charge is 0.330 e. The lowest BCUT2D eigenvalue weighted by Crippen LogP contribution is -2.02. The fourth-order valence-corrected chi connectivity index (χ4v) is 1.91. The number of hydrogen-bond donors (Lipinski definition) is 1. The first-order valence-electron chi connectivity index (χ1n) is 4.78. The minimum Gasteiger partial charge on any atom is -0.330 e. The summed E-state index contributed by atoms with van der Waals surface area (Å²) >= 11 is 0. The van der Waals surface area contributed by atoms with E-state index in [2.05, 4.69) is 45.6 Å². The van der Waals surface area contributed by atoms with Crippen LogP contribution >= 0.6 is 9.24 Å². The summed E-state index contributed by atoms with van der Waals surface area (Å²) in [6.07, 6.45) is 0.957. The van der Waals surface area contributed by atoms with Gasteiger partial charge in [0.05, 0.1) is 0 Å². The van der Waals surface area contributed by atoms with Crippen molar-refractivity contribution in [3.05, 3.63) is 42.0 Å². The third-order valence-corrected chi connectivity index (χ3v) is 2.72. The maximum absolute atomic E-state index is 5.53. The van der Waals surface area contributed by atoms with E-state index in [9.17, 15) is 0 Å². The van der Waals surface area contributed by atoms with Crippen molar-refractivity contribution in [1.82, 2.24) is 0 Å². The Bertz CT molecular complexity index is 451. The molecule has 0 radical (unpaired) electrons. The molecule has 2 aromatic rings. The van der Waals surface area contributed by atoms with Gasteiger partial charge in [-0.2, -0.15) is 0 Å². The van der Waals surface area contributed by atoms with E-state index < -0.39 is 0 Å². The summed E-state index contributed by atoms with van der Waals surface area (Å²) in [6, 6.07) is 13.0. The molecule has 0 saturated heterocycles. The van der Waals surface area contributed by atoms with Gasteiger partial charge in [0, 0.05) is 0 Å². The molecule has 0 saturated carbocycles. The monoisotopic (exact) mass is 203 g/mol. The lowest BCUT2D eigenvalue weighted by atomic mass is 10.1. The molecule has 1 unspecified atom stereocenters. The van der Waals surface area contributed by atoms with Crippen LogP contribution in [0.15, 0.2) is 36.4 Å². The Kier molecular flexibility index (Phi) is 2.81. The molecule has 1 nitrogen and oxygen atoms in total. The molecule has 0 aliphatic carbocycles. The van der Waals surface area contributed by atoms with Gasteiger partial charge in [-0.05, 0) is 40.7 Å². The summed E-state index contributed by atoms with van der Waals surface area (Å²) in [5, 5.41) is 3.81. The minimum atomic E-state index is 0.715. The summed E-state index contributed by atoms with van der Waals surface area (Å²) < 4.78 is 0.